The number of aromatic nitrogens is 2. The number of halogens is 3. The van der Waals surface area contributed by atoms with E-state index < -0.39 is 17.3 Å². The molecule has 3 N–H and O–H groups in total. The Morgan fingerprint density at radius 3 is 2.92 bits per heavy atom. The van der Waals surface area contributed by atoms with Gasteiger partial charge in [-0.3, -0.25) is 4.79 Å². The van der Waals surface area contributed by atoms with E-state index in [-0.39, 0.29) is 18.3 Å². The summed E-state index contributed by atoms with van der Waals surface area (Å²) in [6.07, 6.45) is -2.35. The molecule has 0 aliphatic carbocycles. The molecular formula is C16H17F3N4O2. The van der Waals surface area contributed by atoms with Crippen molar-refractivity contribution < 1.29 is 17.9 Å². The molecule has 0 radical (unpaired) electrons. The highest BCUT2D eigenvalue weighted by molar-refractivity contribution is 5.54. The molecule has 1 aliphatic heterocycles. The van der Waals surface area contributed by atoms with Gasteiger partial charge < -0.3 is 15.4 Å². The fourth-order valence-electron chi connectivity index (χ4n) is 3.00. The number of nitrogens with two attached hydrogens (primary N) is 1. The lowest BCUT2D eigenvalue weighted by Gasteiger charge is -2.28. The number of anilines is 2. The predicted octanol–water partition coefficient (Wildman–Crippen LogP) is 2.42. The van der Waals surface area contributed by atoms with Crippen LogP contribution in [0.2, 0.25) is 0 Å². The molecule has 1 aromatic carbocycles. The number of aromatic amines is 1. The summed E-state index contributed by atoms with van der Waals surface area (Å²) in [5.74, 6) is 0.548. The molecule has 0 bridgehead atoms. The number of alkyl halides is 3. The molecule has 134 valence electrons. The van der Waals surface area contributed by atoms with Gasteiger partial charge in [0, 0.05) is 18.3 Å². The second kappa shape index (κ2) is 6.66. The molecule has 0 spiro atoms. The van der Waals surface area contributed by atoms with Crippen LogP contribution >= 0.6 is 0 Å². The van der Waals surface area contributed by atoms with Gasteiger partial charge in [-0.2, -0.15) is 18.3 Å². The topological polar surface area (TPSA) is 84.2 Å². The van der Waals surface area contributed by atoms with Gasteiger partial charge in [0.05, 0.1) is 17.9 Å². The molecule has 0 saturated carbocycles. The van der Waals surface area contributed by atoms with Gasteiger partial charge in [-0.25, -0.2) is 5.10 Å². The monoisotopic (exact) mass is 354 g/mol. The minimum Gasteiger partial charge on any atom is -0.491 e. The highest BCUT2D eigenvalue weighted by Gasteiger charge is 2.40. The maximum absolute atomic E-state index is 13.3. The second-order valence-electron chi connectivity index (χ2n) is 5.83. The van der Waals surface area contributed by atoms with Gasteiger partial charge in [-0.1, -0.05) is 6.07 Å². The minimum absolute atomic E-state index is 0.188. The zero-order chi connectivity index (χ0) is 18.0. The van der Waals surface area contributed by atoms with Gasteiger partial charge in [-0.15, -0.1) is 0 Å². The smallest absolute Gasteiger partial charge is 0.423 e. The number of nitrogens with zero attached hydrogens (tertiary/aromatic N) is 2. The molecule has 2 aromatic rings. The average molecular weight is 354 g/mol. The van der Waals surface area contributed by atoms with E-state index in [0.29, 0.717) is 30.8 Å². The highest BCUT2D eigenvalue weighted by Crippen LogP contribution is 2.36. The van der Waals surface area contributed by atoms with Gasteiger partial charge in [0.15, 0.2) is 0 Å². The van der Waals surface area contributed by atoms with E-state index in [1.54, 1.807) is 24.3 Å². The maximum atomic E-state index is 13.3. The van der Waals surface area contributed by atoms with Crippen LogP contribution < -0.4 is 20.9 Å². The number of nitrogens with one attached hydrogen (secondary N) is 1. The van der Waals surface area contributed by atoms with Crippen molar-refractivity contribution in [2.24, 2.45) is 0 Å². The lowest BCUT2D eigenvalue weighted by atomic mass is 10.2. The summed E-state index contributed by atoms with van der Waals surface area (Å²) in [5, 5.41) is 5.38. The van der Waals surface area contributed by atoms with Gasteiger partial charge in [0.1, 0.15) is 17.9 Å². The molecule has 1 fully saturated rings. The van der Waals surface area contributed by atoms with Crippen LogP contribution in [0.5, 0.6) is 5.75 Å². The third-order valence-corrected chi connectivity index (χ3v) is 4.11. The summed E-state index contributed by atoms with van der Waals surface area (Å²) < 4.78 is 45.5. The van der Waals surface area contributed by atoms with Crippen LogP contribution in [0.4, 0.5) is 24.5 Å². The number of H-pyrrole nitrogens is 1. The molecule has 0 unspecified atom stereocenters. The third-order valence-electron chi connectivity index (χ3n) is 4.11. The Labute approximate surface area is 141 Å². The molecule has 6 nitrogen and oxygen atoms in total. The summed E-state index contributed by atoms with van der Waals surface area (Å²) in [6, 6.07) is 6.54. The standard InChI is InChI=1S/C16H17F3N4O2/c17-16(18,19)14-13(8-21-22-15(14)24)23-6-2-4-11(23)9-25-12-5-1-3-10(20)7-12/h1,3,5,7-8,11H,2,4,6,9,20H2,(H,22,24)/t11-/m0/s1. The van der Waals surface area contributed by atoms with Crippen LogP contribution in [0, 0.1) is 0 Å². The lowest BCUT2D eigenvalue weighted by Crippen LogP contribution is -2.37. The number of hydrogen-bond donors (Lipinski definition) is 2. The normalized spacial score (nSPS) is 17.7. The fourth-order valence-corrected chi connectivity index (χ4v) is 3.00. The maximum Gasteiger partial charge on any atom is 0.423 e. The molecule has 25 heavy (non-hydrogen) atoms. The Balaban J connectivity index is 1.83. The summed E-state index contributed by atoms with van der Waals surface area (Å²) in [4.78, 5) is 13.2. The first-order valence-corrected chi connectivity index (χ1v) is 7.76. The fraction of sp³-hybridized carbons (Fsp3) is 0.375. The molecule has 1 saturated heterocycles. The first-order chi connectivity index (χ1) is 11.9. The van der Waals surface area contributed by atoms with Crippen LogP contribution in [0.3, 0.4) is 0 Å². The molecule has 9 heteroatoms. The first kappa shape index (κ1) is 17.1. The van der Waals surface area contributed by atoms with E-state index in [0.717, 1.165) is 6.20 Å². The van der Waals surface area contributed by atoms with E-state index in [4.69, 9.17) is 10.5 Å². The minimum atomic E-state index is -4.76. The van der Waals surface area contributed by atoms with E-state index in [1.165, 1.54) is 4.90 Å². The summed E-state index contributed by atoms with van der Waals surface area (Å²) >= 11 is 0. The highest BCUT2D eigenvalue weighted by atomic mass is 19.4. The summed E-state index contributed by atoms with van der Waals surface area (Å²) in [6.45, 7) is 0.590. The molecule has 1 aromatic heterocycles. The van der Waals surface area contributed by atoms with E-state index in [1.807, 2.05) is 5.10 Å². The van der Waals surface area contributed by atoms with Crippen molar-refractivity contribution in [3.63, 3.8) is 0 Å². The van der Waals surface area contributed by atoms with Crippen LogP contribution in [0.1, 0.15) is 18.4 Å². The molecule has 1 atom stereocenters. The molecule has 2 heterocycles. The van der Waals surface area contributed by atoms with Crippen molar-refractivity contribution in [1.29, 1.82) is 0 Å². The van der Waals surface area contributed by atoms with Crippen LogP contribution in [0.15, 0.2) is 35.3 Å². The quantitative estimate of drug-likeness (QED) is 0.824. The molecule has 0 amide bonds. The average Bonchev–Trinajstić information content (AvgIpc) is 3.00. The van der Waals surface area contributed by atoms with Crippen LogP contribution in [-0.2, 0) is 6.18 Å². The SMILES string of the molecule is Nc1cccc(OC[C@@H]2CCCN2c2cn[nH]c(=O)c2C(F)(F)F)c1. The number of hydrogen-bond acceptors (Lipinski definition) is 5. The number of benzene rings is 1. The largest absolute Gasteiger partial charge is 0.491 e. The summed E-state index contributed by atoms with van der Waals surface area (Å²) in [7, 11) is 0. The number of rotatable bonds is 4. The van der Waals surface area contributed by atoms with Crippen molar-refractivity contribution in [3.05, 3.63) is 46.4 Å². The van der Waals surface area contributed by atoms with Crippen LogP contribution in [-0.4, -0.2) is 29.4 Å². The molecular weight excluding hydrogens is 337 g/mol. The zero-order valence-electron chi connectivity index (χ0n) is 13.2. The molecule has 1 aliphatic rings. The lowest BCUT2D eigenvalue weighted by molar-refractivity contribution is -0.138. The Morgan fingerprint density at radius 1 is 1.40 bits per heavy atom. The van der Waals surface area contributed by atoms with E-state index in [2.05, 4.69) is 5.10 Å². The van der Waals surface area contributed by atoms with E-state index >= 15 is 0 Å². The van der Waals surface area contributed by atoms with Crippen molar-refractivity contribution in [2.75, 3.05) is 23.8 Å². The Kier molecular flexibility index (Phi) is 4.56. The Hall–Kier alpha value is -2.71. The van der Waals surface area contributed by atoms with Crippen molar-refractivity contribution in [1.82, 2.24) is 10.2 Å². The van der Waals surface area contributed by atoms with Crippen molar-refractivity contribution in [3.8, 4) is 5.75 Å². The van der Waals surface area contributed by atoms with Crippen molar-refractivity contribution >= 4 is 11.4 Å². The second-order valence-corrected chi connectivity index (χ2v) is 5.83. The van der Waals surface area contributed by atoms with Gasteiger partial charge >= 0.3 is 6.18 Å². The van der Waals surface area contributed by atoms with Gasteiger partial charge in [-0.05, 0) is 25.0 Å². The zero-order valence-corrected chi connectivity index (χ0v) is 13.2. The summed E-state index contributed by atoms with van der Waals surface area (Å²) in [5.41, 5.74) is 3.54. The Morgan fingerprint density at radius 2 is 2.20 bits per heavy atom. The van der Waals surface area contributed by atoms with Gasteiger partial charge in [0.25, 0.3) is 5.56 Å². The van der Waals surface area contributed by atoms with Crippen molar-refractivity contribution in [2.45, 2.75) is 25.1 Å². The number of ether oxygens (including phenoxy) is 1. The predicted molar refractivity (Wildman–Crippen MR) is 86.6 cm³/mol. The first-order valence-electron chi connectivity index (χ1n) is 7.76. The van der Waals surface area contributed by atoms with E-state index in [9.17, 15) is 18.0 Å². The third kappa shape index (κ3) is 3.70. The Bertz CT molecular complexity index is 806. The molecule has 3 rings (SSSR count). The van der Waals surface area contributed by atoms with Gasteiger partial charge in [0.2, 0.25) is 0 Å². The van der Waals surface area contributed by atoms with Crippen LogP contribution in [0.25, 0.3) is 0 Å². The number of nitrogen functional groups attached to an aromatic ring is 1.